The molecule has 200 valence electrons. The number of thioether (sulfide) groups is 1. The lowest BCUT2D eigenvalue weighted by molar-refractivity contribution is -0.144. The number of benzene rings is 2. The van der Waals surface area contributed by atoms with Gasteiger partial charge in [-0.2, -0.15) is 0 Å². The molecule has 2 aromatic carbocycles. The van der Waals surface area contributed by atoms with Crippen LogP contribution < -0.4 is 4.90 Å². The summed E-state index contributed by atoms with van der Waals surface area (Å²) in [5.41, 5.74) is 0.730. The normalized spacial score (nSPS) is 28.3. The van der Waals surface area contributed by atoms with Gasteiger partial charge >= 0.3 is 0 Å². The zero-order valence-electron chi connectivity index (χ0n) is 22.0. The largest absolute Gasteiger partial charge is 0.394 e. The molecule has 3 amide bonds. The van der Waals surface area contributed by atoms with E-state index in [1.54, 1.807) is 52.6 Å². The van der Waals surface area contributed by atoms with Crippen molar-refractivity contribution in [3.05, 3.63) is 67.8 Å². The maximum absolute atomic E-state index is 14.6. The van der Waals surface area contributed by atoms with Crippen LogP contribution in [0.5, 0.6) is 0 Å². The van der Waals surface area contributed by atoms with E-state index >= 15 is 0 Å². The van der Waals surface area contributed by atoms with Gasteiger partial charge in [-0.15, -0.1) is 24.9 Å². The molecular weight excluding hydrogens is 498 g/mol. The van der Waals surface area contributed by atoms with Crippen LogP contribution in [0.4, 0.5) is 5.69 Å². The summed E-state index contributed by atoms with van der Waals surface area (Å²) in [4.78, 5) is 47.1. The zero-order valence-corrected chi connectivity index (χ0v) is 22.8. The van der Waals surface area contributed by atoms with Gasteiger partial charge in [-0.25, -0.2) is 0 Å². The smallest absolute Gasteiger partial charge is 0.251 e. The Balaban J connectivity index is 1.58. The van der Waals surface area contributed by atoms with Crippen molar-refractivity contribution in [1.82, 2.24) is 9.80 Å². The third kappa shape index (κ3) is 3.96. The number of likely N-dealkylation sites (N-methyl/N-ethyl adjacent to an activating group) is 1. The van der Waals surface area contributed by atoms with E-state index in [9.17, 15) is 19.5 Å². The molecule has 3 aliphatic rings. The Morgan fingerprint density at radius 2 is 1.87 bits per heavy atom. The first kappa shape index (κ1) is 26.5. The van der Waals surface area contributed by atoms with Gasteiger partial charge in [0.2, 0.25) is 11.8 Å². The van der Waals surface area contributed by atoms with Crippen LogP contribution >= 0.6 is 11.8 Å². The first-order valence-corrected chi connectivity index (χ1v) is 14.0. The van der Waals surface area contributed by atoms with Gasteiger partial charge in [-0.3, -0.25) is 14.4 Å². The van der Waals surface area contributed by atoms with E-state index in [0.717, 1.165) is 22.9 Å². The molecule has 1 N–H and O–H groups in total. The molecule has 0 saturated carbocycles. The topological polar surface area (TPSA) is 81.2 Å². The molecule has 3 aliphatic heterocycles. The van der Waals surface area contributed by atoms with Gasteiger partial charge < -0.3 is 19.8 Å². The highest BCUT2D eigenvalue weighted by Crippen LogP contribution is 2.67. The number of likely N-dealkylation sites (tertiary alicyclic amines) is 1. The number of carbonyl (C=O) groups is 3. The maximum Gasteiger partial charge on any atom is 0.251 e. The van der Waals surface area contributed by atoms with Crippen LogP contribution in [0.2, 0.25) is 0 Å². The Morgan fingerprint density at radius 1 is 1.16 bits per heavy atom. The van der Waals surface area contributed by atoms with Crippen molar-refractivity contribution < 1.29 is 19.5 Å². The number of hydrogen-bond donors (Lipinski definition) is 1. The molecule has 0 radical (unpaired) electrons. The standard InChI is InChI=1S/C30H35N3O4S/c1-5-15-31(4)27(35)24-23-13-14-30(38-23)25(24)28(36)33(19(3)18-34)26(30)29(37)32(16-6-2)22-12-11-20-9-7-8-10-21(20)17-22/h5-12,17,19,23-26,34H,1-2,13-16,18H2,3-4H3/t19-,23+,24-,25+,26?,30?/m1/s1. The summed E-state index contributed by atoms with van der Waals surface area (Å²) in [6, 6.07) is 12.5. The van der Waals surface area contributed by atoms with Crippen LogP contribution in [0.15, 0.2) is 67.8 Å². The molecule has 5 rings (SSSR count). The summed E-state index contributed by atoms with van der Waals surface area (Å²) in [5, 5.41) is 12.2. The summed E-state index contributed by atoms with van der Waals surface area (Å²) >= 11 is 1.64. The average molecular weight is 534 g/mol. The number of rotatable bonds is 9. The fourth-order valence-corrected chi connectivity index (χ4v) is 8.89. The van der Waals surface area contributed by atoms with Crippen LogP contribution in [-0.2, 0) is 14.4 Å². The van der Waals surface area contributed by atoms with Gasteiger partial charge in [0.25, 0.3) is 5.91 Å². The number of nitrogens with zero attached hydrogens (tertiary/aromatic N) is 3. The monoisotopic (exact) mass is 533 g/mol. The van der Waals surface area contributed by atoms with E-state index in [1.807, 2.05) is 42.5 Å². The Morgan fingerprint density at radius 3 is 2.55 bits per heavy atom. The second-order valence-corrected chi connectivity index (χ2v) is 12.2. The van der Waals surface area contributed by atoms with Crippen LogP contribution in [0.25, 0.3) is 10.8 Å². The molecule has 0 aromatic heterocycles. The number of aliphatic hydroxyl groups excluding tert-OH is 1. The van der Waals surface area contributed by atoms with Gasteiger partial charge in [-0.05, 0) is 42.7 Å². The number of hydrogen-bond acceptors (Lipinski definition) is 5. The lowest BCUT2D eigenvalue weighted by atomic mass is 9.70. The van der Waals surface area contributed by atoms with Crippen LogP contribution in [0, 0.1) is 11.8 Å². The Hall–Kier alpha value is -3.10. The second kappa shape index (κ2) is 10.2. The van der Waals surface area contributed by atoms with Crippen molar-refractivity contribution in [2.24, 2.45) is 11.8 Å². The van der Waals surface area contributed by atoms with Crippen molar-refractivity contribution in [2.75, 3.05) is 31.6 Å². The summed E-state index contributed by atoms with van der Waals surface area (Å²) in [5.74, 6) is -1.58. The van der Waals surface area contributed by atoms with Crippen molar-refractivity contribution in [3.63, 3.8) is 0 Å². The van der Waals surface area contributed by atoms with E-state index in [-0.39, 0.29) is 36.1 Å². The third-order valence-corrected chi connectivity index (χ3v) is 10.3. The molecule has 0 aliphatic carbocycles. The molecule has 38 heavy (non-hydrogen) atoms. The highest BCUT2D eigenvalue weighted by molar-refractivity contribution is 8.02. The molecular formula is C30H35N3O4S. The first-order chi connectivity index (χ1) is 18.3. The summed E-state index contributed by atoms with van der Waals surface area (Å²) < 4.78 is -0.714. The van der Waals surface area contributed by atoms with Gasteiger partial charge in [0.05, 0.1) is 29.2 Å². The molecule has 3 heterocycles. The van der Waals surface area contributed by atoms with Gasteiger partial charge in [0.15, 0.2) is 0 Å². The van der Waals surface area contributed by atoms with Gasteiger partial charge in [0.1, 0.15) is 6.04 Å². The predicted octanol–water partition coefficient (Wildman–Crippen LogP) is 3.48. The van der Waals surface area contributed by atoms with Crippen LogP contribution in [-0.4, -0.2) is 81.5 Å². The molecule has 7 nitrogen and oxygen atoms in total. The SMILES string of the molecule is C=CCN(C)C(=O)[C@@H]1[C@@H]2CCC3(S2)C(C(=O)N(CC=C)c2ccc4ccccc4c2)N([C@H](C)CO)C(=O)[C@H]13. The molecule has 3 saturated heterocycles. The van der Waals surface area contributed by atoms with Crippen molar-refractivity contribution in [1.29, 1.82) is 0 Å². The molecule has 2 unspecified atom stereocenters. The number of amides is 3. The average Bonchev–Trinajstić information content (AvgIpc) is 3.57. The summed E-state index contributed by atoms with van der Waals surface area (Å²) in [7, 11) is 1.73. The highest BCUT2D eigenvalue weighted by Gasteiger charge is 2.74. The number of fused-ring (bicyclic) bond motifs is 2. The molecule has 2 bridgehead atoms. The van der Waals surface area contributed by atoms with Crippen molar-refractivity contribution >= 4 is 45.9 Å². The molecule has 3 fully saturated rings. The number of carbonyl (C=O) groups excluding carboxylic acids is 3. The Kier molecular flexibility index (Phi) is 7.13. The number of aliphatic hydroxyl groups is 1. The fourth-order valence-electron chi connectivity index (χ4n) is 6.70. The van der Waals surface area contributed by atoms with Crippen LogP contribution in [0.3, 0.4) is 0 Å². The molecule has 1 spiro atoms. The number of anilines is 1. The zero-order chi connectivity index (χ0) is 27.2. The summed E-state index contributed by atoms with van der Waals surface area (Å²) in [6.45, 7) is 9.81. The van der Waals surface area contributed by atoms with E-state index in [1.165, 1.54) is 0 Å². The van der Waals surface area contributed by atoms with E-state index in [4.69, 9.17) is 0 Å². The van der Waals surface area contributed by atoms with Gasteiger partial charge in [-0.1, -0.05) is 42.5 Å². The minimum absolute atomic E-state index is 0.0147. The minimum Gasteiger partial charge on any atom is -0.394 e. The molecule has 6 atom stereocenters. The maximum atomic E-state index is 14.6. The van der Waals surface area contributed by atoms with Crippen molar-refractivity contribution in [3.8, 4) is 0 Å². The first-order valence-electron chi connectivity index (χ1n) is 13.2. The second-order valence-electron chi connectivity index (χ2n) is 10.6. The third-order valence-electron chi connectivity index (χ3n) is 8.40. The van der Waals surface area contributed by atoms with Crippen LogP contribution in [0.1, 0.15) is 19.8 Å². The molecule has 2 aromatic rings. The molecule has 8 heteroatoms. The van der Waals surface area contributed by atoms with Gasteiger partial charge in [0, 0.05) is 31.1 Å². The Bertz CT molecular complexity index is 1300. The van der Waals surface area contributed by atoms with Crippen molar-refractivity contribution in [2.45, 2.75) is 41.8 Å². The van der Waals surface area contributed by atoms with E-state index < -0.39 is 28.7 Å². The lowest BCUT2D eigenvalue weighted by Gasteiger charge is -2.39. The fraction of sp³-hybridized carbons (Fsp3) is 0.433. The quantitative estimate of drug-likeness (QED) is 0.500. The lowest BCUT2D eigenvalue weighted by Crippen LogP contribution is -2.57. The Labute approximate surface area is 228 Å². The van der Waals surface area contributed by atoms with E-state index in [0.29, 0.717) is 13.0 Å². The highest BCUT2D eigenvalue weighted by atomic mass is 32.2. The summed E-state index contributed by atoms with van der Waals surface area (Å²) in [6.07, 6.45) is 4.82. The minimum atomic E-state index is -0.786. The van der Waals surface area contributed by atoms with E-state index in [2.05, 4.69) is 13.2 Å². The predicted molar refractivity (Wildman–Crippen MR) is 152 cm³/mol.